The summed E-state index contributed by atoms with van der Waals surface area (Å²) in [5, 5.41) is 11.6. The molecule has 1 saturated carbocycles. The fourth-order valence-corrected chi connectivity index (χ4v) is 2.23. The molecule has 2 N–H and O–H groups in total. The lowest BCUT2D eigenvalue weighted by Gasteiger charge is -2.14. The van der Waals surface area contributed by atoms with E-state index >= 15 is 0 Å². The SMILES string of the molecule is Cc1cc(C(=O)NCC2(C)CC2)cc(C)c1OCC(=O)O. The highest BCUT2D eigenvalue weighted by atomic mass is 16.5. The first-order valence-electron chi connectivity index (χ1n) is 7.05. The highest BCUT2D eigenvalue weighted by Crippen LogP contribution is 2.44. The van der Waals surface area contributed by atoms with Crippen LogP contribution in [0.4, 0.5) is 0 Å². The van der Waals surface area contributed by atoms with Crippen LogP contribution in [0.2, 0.25) is 0 Å². The van der Waals surface area contributed by atoms with Crippen molar-refractivity contribution in [3.63, 3.8) is 0 Å². The summed E-state index contributed by atoms with van der Waals surface area (Å²) >= 11 is 0. The summed E-state index contributed by atoms with van der Waals surface area (Å²) in [7, 11) is 0. The van der Waals surface area contributed by atoms with Crippen LogP contribution in [0.5, 0.6) is 5.75 Å². The molecule has 2 rings (SSSR count). The minimum atomic E-state index is -1.02. The van der Waals surface area contributed by atoms with E-state index in [9.17, 15) is 9.59 Å². The van der Waals surface area contributed by atoms with Crippen molar-refractivity contribution in [2.75, 3.05) is 13.2 Å². The Morgan fingerprint density at radius 2 is 1.86 bits per heavy atom. The third-order valence-electron chi connectivity index (χ3n) is 3.84. The molecule has 1 aliphatic carbocycles. The fourth-order valence-electron chi connectivity index (χ4n) is 2.23. The van der Waals surface area contributed by atoms with Crippen molar-refractivity contribution in [2.45, 2.75) is 33.6 Å². The Morgan fingerprint density at radius 3 is 2.33 bits per heavy atom. The van der Waals surface area contributed by atoms with Gasteiger partial charge in [0.25, 0.3) is 5.91 Å². The average molecular weight is 291 g/mol. The first kappa shape index (κ1) is 15.4. The van der Waals surface area contributed by atoms with Gasteiger partial charge in [0, 0.05) is 12.1 Å². The zero-order chi connectivity index (χ0) is 15.6. The van der Waals surface area contributed by atoms with Gasteiger partial charge in [0.2, 0.25) is 0 Å². The van der Waals surface area contributed by atoms with Crippen molar-refractivity contribution in [3.8, 4) is 5.75 Å². The molecule has 5 heteroatoms. The highest BCUT2D eigenvalue weighted by molar-refractivity contribution is 5.95. The predicted octanol–water partition coefficient (Wildman–Crippen LogP) is 2.30. The number of carbonyl (C=O) groups excluding carboxylic acids is 1. The number of hydrogen-bond acceptors (Lipinski definition) is 3. The summed E-state index contributed by atoms with van der Waals surface area (Å²) < 4.78 is 5.26. The van der Waals surface area contributed by atoms with Gasteiger partial charge in [-0.15, -0.1) is 0 Å². The Morgan fingerprint density at radius 1 is 1.29 bits per heavy atom. The van der Waals surface area contributed by atoms with Gasteiger partial charge in [0.05, 0.1) is 0 Å². The number of rotatable bonds is 6. The molecule has 1 aromatic carbocycles. The predicted molar refractivity (Wildman–Crippen MR) is 78.7 cm³/mol. The van der Waals surface area contributed by atoms with Crippen molar-refractivity contribution in [1.29, 1.82) is 0 Å². The van der Waals surface area contributed by atoms with Gasteiger partial charge in [-0.1, -0.05) is 6.92 Å². The van der Waals surface area contributed by atoms with Gasteiger partial charge < -0.3 is 15.2 Å². The zero-order valence-corrected chi connectivity index (χ0v) is 12.7. The fraction of sp³-hybridized carbons (Fsp3) is 0.500. The molecule has 0 aliphatic heterocycles. The van der Waals surface area contributed by atoms with E-state index in [2.05, 4.69) is 12.2 Å². The third-order valence-corrected chi connectivity index (χ3v) is 3.84. The number of carboxylic acids is 1. The number of amides is 1. The van der Waals surface area contributed by atoms with Crippen molar-refractivity contribution in [2.24, 2.45) is 5.41 Å². The Kier molecular flexibility index (Phi) is 4.21. The molecule has 0 bridgehead atoms. The molecule has 0 saturated heterocycles. The van der Waals surface area contributed by atoms with E-state index in [0.29, 0.717) is 17.9 Å². The molecule has 0 heterocycles. The van der Waals surface area contributed by atoms with Crippen molar-refractivity contribution in [3.05, 3.63) is 28.8 Å². The molecule has 0 radical (unpaired) electrons. The molecule has 1 fully saturated rings. The summed E-state index contributed by atoms with van der Waals surface area (Å²) in [4.78, 5) is 22.7. The van der Waals surface area contributed by atoms with E-state index in [0.717, 1.165) is 24.0 Å². The molecule has 0 atom stereocenters. The topological polar surface area (TPSA) is 75.6 Å². The summed E-state index contributed by atoms with van der Waals surface area (Å²) in [6.45, 7) is 6.09. The van der Waals surface area contributed by atoms with Gasteiger partial charge in [-0.25, -0.2) is 4.79 Å². The van der Waals surface area contributed by atoms with Crippen LogP contribution in [0.25, 0.3) is 0 Å². The Labute approximate surface area is 124 Å². The van der Waals surface area contributed by atoms with E-state index in [-0.39, 0.29) is 17.9 Å². The molecule has 1 aliphatic rings. The first-order chi connectivity index (χ1) is 9.81. The number of nitrogens with one attached hydrogen (secondary N) is 1. The number of ether oxygens (including phenoxy) is 1. The quantitative estimate of drug-likeness (QED) is 0.843. The average Bonchev–Trinajstić information content (AvgIpc) is 3.13. The maximum Gasteiger partial charge on any atom is 0.341 e. The largest absolute Gasteiger partial charge is 0.481 e. The van der Waals surface area contributed by atoms with E-state index < -0.39 is 5.97 Å². The Balaban J connectivity index is 2.07. The summed E-state index contributed by atoms with van der Waals surface area (Å²) in [5.74, 6) is -0.587. The smallest absolute Gasteiger partial charge is 0.341 e. The van der Waals surface area contributed by atoms with E-state index in [1.165, 1.54) is 0 Å². The number of aryl methyl sites for hydroxylation is 2. The van der Waals surface area contributed by atoms with Gasteiger partial charge in [-0.05, 0) is 55.4 Å². The number of aliphatic carboxylic acids is 1. The van der Waals surface area contributed by atoms with Crippen LogP contribution in [0.1, 0.15) is 41.3 Å². The van der Waals surface area contributed by atoms with Gasteiger partial charge in [0.15, 0.2) is 6.61 Å². The normalized spacial score (nSPS) is 15.4. The lowest BCUT2D eigenvalue weighted by atomic mass is 10.0. The maximum atomic E-state index is 12.2. The zero-order valence-electron chi connectivity index (χ0n) is 12.7. The summed E-state index contributed by atoms with van der Waals surface area (Å²) in [6, 6.07) is 3.46. The number of carboxylic acid groups (broad SMARTS) is 1. The highest BCUT2D eigenvalue weighted by Gasteiger charge is 2.37. The molecule has 1 aromatic rings. The van der Waals surface area contributed by atoms with Crippen LogP contribution in [-0.2, 0) is 4.79 Å². The van der Waals surface area contributed by atoms with Gasteiger partial charge in [0.1, 0.15) is 5.75 Å². The molecule has 0 unspecified atom stereocenters. The van der Waals surface area contributed by atoms with Crippen LogP contribution >= 0.6 is 0 Å². The van der Waals surface area contributed by atoms with Crippen LogP contribution in [0.3, 0.4) is 0 Å². The van der Waals surface area contributed by atoms with E-state index in [4.69, 9.17) is 9.84 Å². The molecule has 0 aromatic heterocycles. The van der Waals surface area contributed by atoms with Crippen LogP contribution in [0, 0.1) is 19.3 Å². The van der Waals surface area contributed by atoms with Crippen molar-refractivity contribution in [1.82, 2.24) is 5.32 Å². The minimum Gasteiger partial charge on any atom is -0.481 e. The molecule has 21 heavy (non-hydrogen) atoms. The van der Waals surface area contributed by atoms with Crippen LogP contribution < -0.4 is 10.1 Å². The second-order valence-electron chi connectivity index (χ2n) is 6.11. The molecule has 1 amide bonds. The molecule has 114 valence electrons. The van der Waals surface area contributed by atoms with Crippen molar-refractivity contribution >= 4 is 11.9 Å². The monoisotopic (exact) mass is 291 g/mol. The number of benzene rings is 1. The van der Waals surface area contributed by atoms with E-state index in [1.54, 1.807) is 12.1 Å². The second kappa shape index (κ2) is 5.76. The van der Waals surface area contributed by atoms with Gasteiger partial charge >= 0.3 is 5.97 Å². The summed E-state index contributed by atoms with van der Waals surface area (Å²) in [5.41, 5.74) is 2.37. The second-order valence-corrected chi connectivity index (χ2v) is 6.11. The maximum absolute atomic E-state index is 12.2. The van der Waals surface area contributed by atoms with Gasteiger partial charge in [-0.3, -0.25) is 4.79 Å². The van der Waals surface area contributed by atoms with Crippen LogP contribution in [-0.4, -0.2) is 30.1 Å². The Hall–Kier alpha value is -2.04. The number of carbonyl (C=O) groups is 2. The van der Waals surface area contributed by atoms with E-state index in [1.807, 2.05) is 13.8 Å². The lowest BCUT2D eigenvalue weighted by molar-refractivity contribution is -0.139. The molecule has 0 spiro atoms. The Bertz CT molecular complexity index is 553. The number of hydrogen-bond donors (Lipinski definition) is 2. The molecular weight excluding hydrogens is 270 g/mol. The lowest BCUT2D eigenvalue weighted by Crippen LogP contribution is -2.29. The molecular formula is C16H21NO4. The van der Waals surface area contributed by atoms with Crippen molar-refractivity contribution < 1.29 is 19.4 Å². The van der Waals surface area contributed by atoms with Crippen LogP contribution in [0.15, 0.2) is 12.1 Å². The van der Waals surface area contributed by atoms with Gasteiger partial charge in [-0.2, -0.15) is 0 Å². The molecule has 5 nitrogen and oxygen atoms in total. The standard InChI is InChI=1S/C16H21NO4/c1-10-6-12(15(20)17-9-16(3)4-5-16)7-11(2)14(10)21-8-13(18)19/h6-7H,4-5,8-9H2,1-3H3,(H,17,20)(H,18,19). The summed E-state index contributed by atoms with van der Waals surface area (Å²) in [6.07, 6.45) is 2.32. The minimum absolute atomic E-state index is 0.0980. The first-order valence-corrected chi connectivity index (χ1v) is 7.05. The third kappa shape index (κ3) is 3.97.